The molecular formula is C118H82Bi4Bk4N6-4. The van der Waals surface area contributed by atoms with Crippen molar-refractivity contribution in [2.45, 2.75) is 27.7 Å². The molecule has 0 unspecified atom stereocenters. The summed E-state index contributed by atoms with van der Waals surface area (Å²) in [6, 6.07) is 149. The van der Waals surface area contributed by atoms with Crippen molar-refractivity contribution in [1.29, 1.82) is 0 Å². The van der Waals surface area contributed by atoms with Crippen molar-refractivity contribution in [3.63, 3.8) is 0 Å². The summed E-state index contributed by atoms with van der Waals surface area (Å²) in [5.74, 6) is 1.58. The van der Waals surface area contributed by atoms with E-state index in [0.29, 0.717) is 98.9 Å². The van der Waals surface area contributed by atoms with E-state index in [1.54, 1.807) is 0 Å². The molecule has 0 spiro atoms. The Hall–Kier alpha value is -16.5. The molecule has 14 heteroatoms. The largest absolute Gasteiger partial charge is 0 e. The Labute approximate surface area is 807 Å². The maximum absolute atomic E-state index is 4.87. The van der Waals surface area contributed by atoms with Gasteiger partial charge in [0.15, 0.2) is 0 Å². The molecule has 16 aromatic carbocycles. The van der Waals surface area contributed by atoms with Crippen molar-refractivity contribution in [2.24, 2.45) is 0 Å². The molecule has 6 nitrogen and oxygen atoms in total. The molecule has 0 amide bonds. The van der Waals surface area contributed by atoms with Gasteiger partial charge < -0.3 is 0 Å². The second-order valence-corrected chi connectivity index (χ2v) is 41.8. The number of rotatable bonds is 4. The molecule has 4 radical (unpaired) electrons. The van der Waals surface area contributed by atoms with Gasteiger partial charge >= 0.3 is 816 Å². The van der Waals surface area contributed by atoms with Crippen molar-refractivity contribution < 1.29 is 0 Å². The van der Waals surface area contributed by atoms with E-state index in [4.69, 9.17) is 19.9 Å². The second-order valence-electron chi connectivity index (χ2n) is 32.6. The summed E-state index contributed by atoms with van der Waals surface area (Å²) in [6.45, 7) is 8.22. The van der Waals surface area contributed by atoms with E-state index in [2.05, 4.69) is 424 Å². The normalized spacial score (nSPS) is 11.1. The van der Waals surface area contributed by atoms with E-state index in [1.807, 2.05) is 13.8 Å². The molecule has 0 saturated carbocycles. The monoisotopic (exact) mass is 3410 g/mol. The molecule has 0 aliphatic heterocycles. The molecule has 132 heavy (non-hydrogen) atoms. The van der Waals surface area contributed by atoms with Crippen molar-refractivity contribution in [3.8, 4) is 223 Å². The summed E-state index contributed by atoms with van der Waals surface area (Å²) in [6.07, 6.45) is 0. The maximum atomic E-state index is 4.87. The summed E-state index contributed by atoms with van der Waals surface area (Å²) in [5.41, 5.74) is 50.4. The fourth-order valence-electron chi connectivity index (χ4n) is 18.9. The summed E-state index contributed by atoms with van der Waals surface area (Å²) < 4.78 is 4.65. The average Bonchev–Trinajstić information content (AvgIpc) is 0.757. The van der Waals surface area contributed by atoms with Gasteiger partial charge in [-0.25, -0.2) is 0 Å². The van der Waals surface area contributed by atoms with E-state index < -0.39 is 0 Å². The number of hydrogen-bond acceptors (Lipinski definition) is 6. The molecule has 644 valence electrons. The van der Waals surface area contributed by atoms with Crippen LogP contribution in [0.1, 0.15) is 22.8 Å². The van der Waals surface area contributed by atoms with E-state index in [9.17, 15) is 0 Å². The van der Waals surface area contributed by atoms with Gasteiger partial charge in [-0.2, -0.15) is 0 Å². The molecule has 0 N–H and O–H groups in total. The number of hydrogen-bond donors (Lipinski definition) is 0. The minimum absolute atomic E-state index is 0. The van der Waals surface area contributed by atoms with Gasteiger partial charge in [0, 0.05) is 0 Å². The van der Waals surface area contributed by atoms with Crippen LogP contribution >= 0.6 is 0 Å². The van der Waals surface area contributed by atoms with Crippen LogP contribution in [0, 0.1) is 52.0 Å². The molecule has 4 aliphatic rings. The van der Waals surface area contributed by atoms with Crippen LogP contribution in [0.2, 0.25) is 0 Å². The smallest absolute Gasteiger partial charge is 0 e. The Morgan fingerprint density at radius 2 is 0.409 bits per heavy atom. The van der Waals surface area contributed by atoms with Crippen LogP contribution in [0.5, 0.6) is 0 Å². The molecule has 0 saturated heterocycles. The molecule has 20 aromatic rings. The summed E-state index contributed by atoms with van der Waals surface area (Å²) >= 11 is 2.78. The first kappa shape index (κ1) is 87.6. The van der Waals surface area contributed by atoms with Crippen LogP contribution < -0.4 is 13.6 Å². The Balaban J connectivity index is 0.000000122. The van der Waals surface area contributed by atoms with Gasteiger partial charge in [-0.3, -0.25) is 0 Å². The predicted octanol–water partition coefficient (Wildman–Crippen LogP) is 23.2. The van der Waals surface area contributed by atoms with Crippen LogP contribution in [0.3, 0.4) is 0 Å². The average molecular weight is 3410 g/mol. The molecule has 0 fully saturated rings. The summed E-state index contributed by atoms with van der Waals surface area (Å²) in [7, 11) is 0. The third-order valence-corrected chi connectivity index (χ3v) is 29.0. The quantitative estimate of drug-likeness (QED) is 0.129. The zero-order valence-corrected chi connectivity index (χ0v) is 101. The van der Waals surface area contributed by atoms with Crippen LogP contribution in [-0.2, 0) is 0 Å². The fraction of sp³-hybridized carbons (Fsp3) is 0.0339. The van der Waals surface area contributed by atoms with Gasteiger partial charge in [0.25, 0.3) is 0 Å². The zero-order valence-electron chi connectivity index (χ0n) is 72.1. The molecular weight excluding hydrogens is 3330 g/mol. The Morgan fingerprint density at radius 3 is 0.689 bits per heavy atom. The van der Waals surface area contributed by atoms with Crippen molar-refractivity contribution in [2.75, 3.05) is 0 Å². The molecule has 24 rings (SSSR count). The van der Waals surface area contributed by atoms with Crippen molar-refractivity contribution in [3.05, 3.63) is 423 Å². The minimum Gasteiger partial charge on any atom is 0 e. The van der Waals surface area contributed by atoms with Crippen molar-refractivity contribution in [1.82, 2.24) is 29.9 Å². The first-order chi connectivity index (χ1) is 62.7. The van der Waals surface area contributed by atoms with E-state index in [1.165, 1.54) is 196 Å². The number of aryl methyl sites for hydroxylation is 4. The number of pyridine rings is 2. The van der Waals surface area contributed by atoms with Crippen LogP contribution in [0.4, 0.5) is 0 Å². The van der Waals surface area contributed by atoms with Gasteiger partial charge in [-0.1, -0.05) is 0 Å². The van der Waals surface area contributed by atoms with Crippen LogP contribution in [0.15, 0.2) is 376 Å². The number of nitrogens with zero attached hydrogens (tertiary/aromatic N) is 6. The Bertz CT molecular complexity index is 6840. The van der Waals surface area contributed by atoms with Crippen LogP contribution in [0.25, 0.3) is 223 Å². The van der Waals surface area contributed by atoms with E-state index in [-0.39, 0.29) is 0 Å². The molecule has 4 aliphatic carbocycles. The third kappa shape index (κ3) is 16.5. The van der Waals surface area contributed by atoms with Gasteiger partial charge in [0.05, 0.1) is 0 Å². The number of fused-ring (bicyclic) bond motifs is 32. The van der Waals surface area contributed by atoms with E-state index in [0.717, 1.165) is 63.5 Å². The zero-order chi connectivity index (χ0) is 86.6. The van der Waals surface area contributed by atoms with E-state index >= 15 is 0 Å². The van der Waals surface area contributed by atoms with Gasteiger partial charge in [0.1, 0.15) is 0 Å². The van der Waals surface area contributed by atoms with Gasteiger partial charge in [0.2, 0.25) is 0 Å². The Morgan fingerprint density at radius 1 is 0.182 bits per heavy atom. The topological polar surface area (TPSA) is 77.3 Å². The number of aromatic nitrogens is 6. The predicted molar refractivity (Wildman–Crippen MR) is 542 cm³/mol. The third-order valence-electron chi connectivity index (χ3n) is 24.4. The SMILES string of the molecule is Cc1c[c]([BiH2])nc(-c2[c-]cc3c(c2)-c2ccccc2-c2ccccc2-c2ccccc2-3)c1.Cc1c[c]([BiH2])nc(-c2[c-]cc3c(c2)-c2ccccc2-c2ccccc2-c2ccccc2-3)n1.Cc1cc(-c2[c-]cc3c(c2)-c2ccccc2-c2ccccc2-c2ccccc2-3)c[c]([BiH2])n1.Cc1n[c]([BiH2])cc(-c2[c-]cc3c(c2)-c2ccccc2-c2ccccc2-c2ccccc2-3)n1.[Bk].[Bk].[Bk].[Bk]. The molecule has 0 atom stereocenters. The molecule has 0 bridgehead atoms. The number of benzene rings is 16. The van der Waals surface area contributed by atoms with Gasteiger partial charge in [-0.05, 0) is 0 Å². The minimum atomic E-state index is 0. The van der Waals surface area contributed by atoms with Crippen LogP contribution in [-0.4, -0.2) is 129 Å². The van der Waals surface area contributed by atoms with Gasteiger partial charge in [-0.15, -0.1) is 0 Å². The van der Waals surface area contributed by atoms with Crippen molar-refractivity contribution >= 4 is 112 Å². The first-order valence-electron chi connectivity index (χ1n) is 42.8. The standard InChI is InChI=1S/2C30H19N.2C29H18N2.4Bi.4Bk.8H/c1-20-18-22(16-17-31-20)21-14-15-29-27-12-5-4-10-25(27)23-8-2-3-9-24(23)26-11-6-7-13-28(26)30(29)19-21;1-20-16-17-31-30(18-20)21-14-15-28-26-12-5-4-10-24(26)22-8-2-3-9-23(22)25-11-6-7-13-27(25)29(28)19-21;1-19-30-17-16-29(31-19)20-14-15-27-25-12-5-4-10-23(25)21-8-2-3-9-22(21)24-11-6-7-13-26(24)28(27)18-20;1-19-16-17-30-29(31-19)20-14-15-27-25-12-5-4-10-23(25)21-8-2-3-9-22(21)24-11-6-7-13-26(24)28(27)18-20;;;;;;;;;;;;;;;;/h2*2-13,15-16,18-19H,1H3;2*2-13,15-16,18H,1H3;;;;;;;;;;;;;;;;/q4*-1;;;;;;;;;;;;;;;;. The summed E-state index contributed by atoms with van der Waals surface area (Å²) in [5, 5.41) is 0. The molecule has 4 aromatic heterocycles. The first-order valence-corrected chi connectivity index (χ1v) is 51.8. The fourth-order valence-corrected chi connectivity index (χ4v) is 24.7. The second kappa shape index (κ2) is 37.1. The maximum Gasteiger partial charge on any atom is 0 e. The Kier molecular flexibility index (Phi) is 24.6. The summed E-state index contributed by atoms with van der Waals surface area (Å²) in [4.78, 5) is 28.2. The molecule has 4 heterocycles.